The highest BCUT2D eigenvalue weighted by Crippen LogP contribution is 2.36. The lowest BCUT2D eigenvalue weighted by molar-refractivity contribution is 0.144. The lowest BCUT2D eigenvalue weighted by Gasteiger charge is -2.19. The molecule has 3 heteroatoms. The Kier molecular flexibility index (Phi) is 6.02. The van der Waals surface area contributed by atoms with E-state index in [1.807, 2.05) is 6.07 Å². The lowest BCUT2D eigenvalue weighted by Crippen LogP contribution is -2.08. The molecule has 0 radical (unpaired) electrons. The zero-order valence-corrected chi connectivity index (χ0v) is 15.0. The predicted octanol–water partition coefficient (Wildman–Crippen LogP) is 5.93. The Balaban J connectivity index is 2.69. The predicted molar refractivity (Wildman–Crippen MR) is 98.0 cm³/mol. The second-order valence-corrected chi connectivity index (χ2v) is 6.18. The fourth-order valence-electron chi connectivity index (χ4n) is 3.22. The van der Waals surface area contributed by atoms with Crippen molar-refractivity contribution in [3.63, 3.8) is 0 Å². The monoisotopic (exact) mass is 326 g/mol. The summed E-state index contributed by atoms with van der Waals surface area (Å²) in [5.41, 5.74) is 7.19. The minimum absolute atomic E-state index is 0.474. The second kappa shape index (κ2) is 8.00. The van der Waals surface area contributed by atoms with Crippen molar-refractivity contribution in [1.29, 1.82) is 0 Å². The molecule has 1 N–H and O–H groups in total. The van der Waals surface area contributed by atoms with Crippen molar-refractivity contribution < 1.29 is 14.6 Å². The summed E-state index contributed by atoms with van der Waals surface area (Å²) in [6.45, 7) is 8.51. The third kappa shape index (κ3) is 3.78. The van der Waals surface area contributed by atoms with E-state index in [2.05, 4.69) is 45.9 Å². The van der Waals surface area contributed by atoms with Crippen LogP contribution in [0.15, 0.2) is 30.3 Å². The number of hydrogen-bond acceptors (Lipinski definition) is 2. The number of carboxylic acid groups (broad SMARTS) is 1. The topological polar surface area (TPSA) is 46.5 Å². The zero-order valence-electron chi connectivity index (χ0n) is 15.0. The van der Waals surface area contributed by atoms with Crippen molar-refractivity contribution in [1.82, 2.24) is 0 Å². The molecule has 0 saturated heterocycles. The van der Waals surface area contributed by atoms with Crippen molar-refractivity contribution in [2.45, 2.75) is 53.4 Å². The fourth-order valence-corrected chi connectivity index (χ4v) is 3.22. The Labute approximate surface area is 144 Å². The molecule has 0 saturated carbocycles. The molecule has 2 rings (SSSR count). The first-order chi connectivity index (χ1) is 11.5. The maximum absolute atomic E-state index is 11.0. The average Bonchev–Trinajstić information content (AvgIpc) is 2.53. The van der Waals surface area contributed by atoms with Gasteiger partial charge in [0, 0.05) is 0 Å². The van der Waals surface area contributed by atoms with E-state index in [1.165, 1.54) is 27.8 Å². The van der Waals surface area contributed by atoms with Gasteiger partial charge in [-0.3, -0.25) is 0 Å². The van der Waals surface area contributed by atoms with Gasteiger partial charge >= 0.3 is 6.16 Å². The highest BCUT2D eigenvalue weighted by molar-refractivity contribution is 5.75. The van der Waals surface area contributed by atoms with E-state index < -0.39 is 6.16 Å². The van der Waals surface area contributed by atoms with Crippen LogP contribution in [0, 0.1) is 13.8 Å². The van der Waals surface area contributed by atoms with Crippen LogP contribution >= 0.6 is 0 Å². The summed E-state index contributed by atoms with van der Waals surface area (Å²) in [7, 11) is 0. The summed E-state index contributed by atoms with van der Waals surface area (Å²) in [5.74, 6) is 0.474. The van der Waals surface area contributed by atoms with Crippen LogP contribution in [-0.4, -0.2) is 11.3 Å². The van der Waals surface area contributed by atoms with Crippen molar-refractivity contribution in [3.05, 3.63) is 52.6 Å². The second-order valence-electron chi connectivity index (χ2n) is 6.18. The van der Waals surface area contributed by atoms with Gasteiger partial charge in [-0.25, -0.2) is 4.79 Å². The van der Waals surface area contributed by atoms with E-state index in [-0.39, 0.29) is 0 Å². The molecule has 2 aromatic carbocycles. The van der Waals surface area contributed by atoms with Crippen LogP contribution in [0.2, 0.25) is 0 Å². The van der Waals surface area contributed by atoms with Crippen LogP contribution in [0.3, 0.4) is 0 Å². The number of benzene rings is 2. The molecule has 0 aliphatic carbocycles. The average molecular weight is 326 g/mol. The van der Waals surface area contributed by atoms with Crippen LogP contribution in [0.1, 0.15) is 48.9 Å². The van der Waals surface area contributed by atoms with Gasteiger partial charge < -0.3 is 9.84 Å². The smallest absolute Gasteiger partial charge is 0.449 e. The normalized spacial score (nSPS) is 10.7. The molecular formula is C21H26O3. The number of ether oxygens (including phenoxy) is 1. The molecule has 0 amide bonds. The fraction of sp³-hybridized carbons (Fsp3) is 0.381. The molecule has 0 spiro atoms. The Morgan fingerprint density at radius 1 is 0.958 bits per heavy atom. The van der Waals surface area contributed by atoms with Crippen molar-refractivity contribution in [2.24, 2.45) is 0 Å². The number of aryl methyl sites for hydroxylation is 1. The molecule has 0 fully saturated rings. The van der Waals surface area contributed by atoms with Crippen LogP contribution in [0.25, 0.3) is 11.1 Å². The lowest BCUT2D eigenvalue weighted by atomic mass is 9.87. The summed E-state index contributed by atoms with van der Waals surface area (Å²) in [6, 6.07) is 10.1. The van der Waals surface area contributed by atoms with Crippen molar-refractivity contribution in [3.8, 4) is 16.9 Å². The first kappa shape index (κ1) is 18.1. The Bertz CT molecular complexity index is 732. The first-order valence-electron chi connectivity index (χ1n) is 8.61. The minimum atomic E-state index is -1.26. The molecule has 2 aromatic rings. The quantitative estimate of drug-likeness (QED) is 0.528. The molecule has 3 nitrogen and oxygen atoms in total. The summed E-state index contributed by atoms with van der Waals surface area (Å²) >= 11 is 0. The van der Waals surface area contributed by atoms with E-state index in [4.69, 9.17) is 9.84 Å². The molecule has 0 heterocycles. The van der Waals surface area contributed by atoms with Crippen LogP contribution < -0.4 is 4.74 Å². The first-order valence-corrected chi connectivity index (χ1v) is 8.61. The third-order valence-corrected chi connectivity index (χ3v) is 4.48. The molecule has 128 valence electrons. The van der Waals surface area contributed by atoms with E-state index in [0.717, 1.165) is 31.2 Å². The van der Waals surface area contributed by atoms with Crippen LogP contribution in [0.5, 0.6) is 5.75 Å². The van der Waals surface area contributed by atoms with Gasteiger partial charge in [0.15, 0.2) is 0 Å². The highest BCUT2D eigenvalue weighted by Gasteiger charge is 2.17. The van der Waals surface area contributed by atoms with Gasteiger partial charge in [-0.05, 0) is 66.1 Å². The maximum Gasteiger partial charge on any atom is 0.511 e. The van der Waals surface area contributed by atoms with Gasteiger partial charge in [0.05, 0.1) is 0 Å². The number of carbonyl (C=O) groups is 1. The maximum atomic E-state index is 11.0. The van der Waals surface area contributed by atoms with Crippen LogP contribution in [-0.2, 0) is 12.8 Å². The summed E-state index contributed by atoms with van der Waals surface area (Å²) in [5, 5.41) is 9.02. The minimum Gasteiger partial charge on any atom is -0.449 e. The molecule has 0 bridgehead atoms. The number of hydrogen-bond donors (Lipinski definition) is 1. The van der Waals surface area contributed by atoms with Gasteiger partial charge in [-0.1, -0.05) is 51.0 Å². The molecule has 24 heavy (non-hydrogen) atoms. The summed E-state index contributed by atoms with van der Waals surface area (Å²) in [4.78, 5) is 11.0. The largest absolute Gasteiger partial charge is 0.511 e. The summed E-state index contributed by atoms with van der Waals surface area (Å²) in [6.07, 6.45) is 2.42. The third-order valence-electron chi connectivity index (χ3n) is 4.48. The Morgan fingerprint density at radius 2 is 1.62 bits per heavy atom. The van der Waals surface area contributed by atoms with Gasteiger partial charge in [-0.2, -0.15) is 0 Å². The molecule has 0 aliphatic heterocycles. The highest BCUT2D eigenvalue weighted by atomic mass is 16.7. The van der Waals surface area contributed by atoms with E-state index in [0.29, 0.717) is 5.75 Å². The molecule has 0 aliphatic rings. The zero-order chi connectivity index (χ0) is 17.7. The molecule has 0 unspecified atom stereocenters. The Hall–Kier alpha value is -2.29. The van der Waals surface area contributed by atoms with Crippen molar-refractivity contribution >= 4 is 6.16 Å². The molecular weight excluding hydrogens is 300 g/mol. The van der Waals surface area contributed by atoms with Crippen LogP contribution in [0.4, 0.5) is 4.79 Å². The van der Waals surface area contributed by atoms with Crippen molar-refractivity contribution in [2.75, 3.05) is 0 Å². The van der Waals surface area contributed by atoms with E-state index in [1.54, 1.807) is 6.07 Å². The SMILES string of the molecule is CCCc1c(OC(=O)O)ccc(-c2cccc(C)c2C)c1CCC. The van der Waals surface area contributed by atoms with E-state index >= 15 is 0 Å². The number of rotatable bonds is 6. The van der Waals surface area contributed by atoms with Gasteiger partial charge in [0.1, 0.15) is 5.75 Å². The summed E-state index contributed by atoms with van der Waals surface area (Å²) < 4.78 is 5.05. The van der Waals surface area contributed by atoms with Gasteiger partial charge in [0.2, 0.25) is 0 Å². The van der Waals surface area contributed by atoms with Gasteiger partial charge in [-0.15, -0.1) is 0 Å². The van der Waals surface area contributed by atoms with E-state index in [9.17, 15) is 4.79 Å². The Morgan fingerprint density at radius 3 is 2.25 bits per heavy atom. The molecule has 0 aromatic heterocycles. The van der Waals surface area contributed by atoms with Gasteiger partial charge in [0.25, 0.3) is 0 Å². The molecule has 0 atom stereocenters. The standard InChI is InChI=1S/C21H26O3/c1-5-8-17-18(16-11-7-10-14(3)15(16)4)12-13-20(24-21(22)23)19(17)9-6-2/h7,10-13H,5-6,8-9H2,1-4H3,(H,22,23).